The summed E-state index contributed by atoms with van der Waals surface area (Å²) in [5.74, 6) is -1.59. The highest BCUT2D eigenvalue weighted by Crippen LogP contribution is 2.40. The Morgan fingerprint density at radius 2 is 2.00 bits per heavy atom. The minimum Gasteiger partial charge on any atom is -0.380 e. The summed E-state index contributed by atoms with van der Waals surface area (Å²) >= 11 is 6.27. The molecule has 3 aromatic rings. The lowest BCUT2D eigenvalue weighted by Gasteiger charge is -2.28. The summed E-state index contributed by atoms with van der Waals surface area (Å²) in [5, 5.41) is 15.5. The lowest BCUT2D eigenvalue weighted by molar-refractivity contribution is 0.118. The SMILES string of the molecule is CC(O)(C(=Cn1cncn1)c1ccccc1Cl)c1ccc(F)cc1F. The summed E-state index contributed by atoms with van der Waals surface area (Å²) in [6.45, 7) is 1.41. The van der Waals surface area contributed by atoms with E-state index in [0.29, 0.717) is 10.6 Å². The van der Waals surface area contributed by atoms with E-state index in [9.17, 15) is 13.9 Å². The van der Waals surface area contributed by atoms with Gasteiger partial charge in [-0.3, -0.25) is 0 Å². The summed E-state index contributed by atoms with van der Waals surface area (Å²) in [5.41, 5.74) is -1.10. The van der Waals surface area contributed by atoms with Crippen LogP contribution in [0.2, 0.25) is 5.02 Å². The first-order valence-electron chi connectivity index (χ1n) is 7.39. The number of aromatic nitrogens is 3. The van der Waals surface area contributed by atoms with E-state index in [1.54, 1.807) is 24.3 Å². The van der Waals surface area contributed by atoms with Gasteiger partial charge in [-0.25, -0.2) is 18.4 Å². The molecule has 1 N–H and O–H groups in total. The molecule has 0 bridgehead atoms. The summed E-state index contributed by atoms with van der Waals surface area (Å²) in [6.07, 6.45) is 4.25. The molecule has 1 aromatic heterocycles. The second-order valence-electron chi connectivity index (χ2n) is 5.59. The zero-order valence-electron chi connectivity index (χ0n) is 13.2. The summed E-state index contributed by atoms with van der Waals surface area (Å²) < 4.78 is 28.9. The van der Waals surface area contributed by atoms with Crippen LogP contribution < -0.4 is 0 Å². The van der Waals surface area contributed by atoms with Crippen LogP contribution in [0.4, 0.5) is 8.78 Å². The topological polar surface area (TPSA) is 50.9 Å². The molecule has 0 saturated carbocycles. The van der Waals surface area contributed by atoms with E-state index >= 15 is 0 Å². The Hall–Kier alpha value is -2.57. The number of hydrogen-bond acceptors (Lipinski definition) is 3. The van der Waals surface area contributed by atoms with Gasteiger partial charge in [-0.1, -0.05) is 29.8 Å². The van der Waals surface area contributed by atoms with Crippen LogP contribution >= 0.6 is 11.6 Å². The van der Waals surface area contributed by atoms with Crippen molar-refractivity contribution < 1.29 is 13.9 Å². The fraction of sp³-hybridized carbons (Fsp3) is 0.111. The molecule has 0 aliphatic carbocycles. The normalized spacial score (nSPS) is 14.4. The fourth-order valence-electron chi connectivity index (χ4n) is 2.58. The maximum atomic E-state index is 14.3. The third kappa shape index (κ3) is 3.45. The maximum Gasteiger partial charge on any atom is 0.138 e. The molecule has 1 atom stereocenters. The first kappa shape index (κ1) is 17.3. The Kier molecular flexibility index (Phi) is 4.65. The Labute approximate surface area is 148 Å². The molecule has 0 radical (unpaired) electrons. The molecular formula is C18H14ClF2N3O. The van der Waals surface area contributed by atoms with Crippen LogP contribution in [0.1, 0.15) is 18.1 Å². The fourth-order valence-corrected chi connectivity index (χ4v) is 2.82. The lowest BCUT2D eigenvalue weighted by Crippen LogP contribution is -2.25. The van der Waals surface area contributed by atoms with Gasteiger partial charge in [0.1, 0.15) is 29.9 Å². The van der Waals surface area contributed by atoms with E-state index in [1.807, 2.05) is 0 Å². The van der Waals surface area contributed by atoms with Gasteiger partial charge in [0.15, 0.2) is 0 Å². The van der Waals surface area contributed by atoms with Crippen molar-refractivity contribution >= 4 is 23.4 Å². The highest BCUT2D eigenvalue weighted by Gasteiger charge is 2.33. The van der Waals surface area contributed by atoms with E-state index < -0.39 is 17.2 Å². The predicted octanol–water partition coefficient (Wildman–Crippen LogP) is 4.12. The van der Waals surface area contributed by atoms with E-state index in [2.05, 4.69) is 10.1 Å². The molecule has 0 aliphatic heterocycles. The van der Waals surface area contributed by atoms with Crippen molar-refractivity contribution in [2.75, 3.05) is 0 Å². The van der Waals surface area contributed by atoms with Gasteiger partial charge in [0.2, 0.25) is 0 Å². The van der Waals surface area contributed by atoms with Gasteiger partial charge in [-0.05, 0) is 25.1 Å². The zero-order chi connectivity index (χ0) is 18.0. The third-order valence-corrected chi connectivity index (χ3v) is 4.17. The van der Waals surface area contributed by atoms with Crippen LogP contribution in [0.15, 0.2) is 55.1 Å². The second-order valence-corrected chi connectivity index (χ2v) is 6.00. The van der Waals surface area contributed by atoms with Crippen molar-refractivity contribution in [3.8, 4) is 0 Å². The molecule has 1 heterocycles. The molecule has 2 aromatic carbocycles. The molecular weight excluding hydrogens is 348 g/mol. The molecule has 4 nitrogen and oxygen atoms in total. The largest absolute Gasteiger partial charge is 0.380 e. The Morgan fingerprint density at radius 3 is 2.64 bits per heavy atom. The minimum atomic E-state index is -1.80. The Morgan fingerprint density at radius 1 is 1.24 bits per heavy atom. The van der Waals surface area contributed by atoms with Crippen LogP contribution in [0, 0.1) is 11.6 Å². The monoisotopic (exact) mass is 361 g/mol. The quantitative estimate of drug-likeness (QED) is 0.760. The highest BCUT2D eigenvalue weighted by molar-refractivity contribution is 6.32. The van der Waals surface area contributed by atoms with Gasteiger partial charge >= 0.3 is 0 Å². The minimum absolute atomic E-state index is 0.0832. The number of aliphatic hydroxyl groups is 1. The molecule has 128 valence electrons. The van der Waals surface area contributed by atoms with Crippen molar-refractivity contribution in [1.29, 1.82) is 0 Å². The zero-order valence-corrected chi connectivity index (χ0v) is 14.0. The molecule has 0 amide bonds. The summed E-state index contributed by atoms with van der Waals surface area (Å²) in [6, 6.07) is 9.86. The number of nitrogens with zero attached hydrogens (tertiary/aromatic N) is 3. The Bertz CT molecular complexity index is 924. The molecule has 25 heavy (non-hydrogen) atoms. The molecule has 0 saturated heterocycles. The van der Waals surface area contributed by atoms with Crippen LogP contribution in [0.3, 0.4) is 0 Å². The summed E-state index contributed by atoms with van der Waals surface area (Å²) in [7, 11) is 0. The van der Waals surface area contributed by atoms with Gasteiger partial charge in [0.25, 0.3) is 0 Å². The van der Waals surface area contributed by atoms with Crippen molar-refractivity contribution in [1.82, 2.24) is 14.8 Å². The van der Waals surface area contributed by atoms with Crippen LogP contribution in [0.5, 0.6) is 0 Å². The van der Waals surface area contributed by atoms with Gasteiger partial charge < -0.3 is 5.11 Å². The average Bonchev–Trinajstić information content (AvgIpc) is 3.06. The van der Waals surface area contributed by atoms with E-state index in [-0.39, 0.29) is 11.1 Å². The van der Waals surface area contributed by atoms with Crippen molar-refractivity contribution in [3.63, 3.8) is 0 Å². The van der Waals surface area contributed by atoms with Crippen molar-refractivity contribution in [2.24, 2.45) is 0 Å². The van der Waals surface area contributed by atoms with Gasteiger partial charge in [-0.15, -0.1) is 0 Å². The van der Waals surface area contributed by atoms with Gasteiger partial charge in [-0.2, -0.15) is 5.10 Å². The number of halogens is 3. The number of benzene rings is 2. The smallest absolute Gasteiger partial charge is 0.138 e. The molecule has 7 heteroatoms. The Balaban J connectivity index is 2.22. The van der Waals surface area contributed by atoms with Gasteiger partial charge in [0, 0.05) is 34.0 Å². The first-order chi connectivity index (χ1) is 11.9. The van der Waals surface area contributed by atoms with E-state index in [4.69, 9.17) is 11.6 Å². The summed E-state index contributed by atoms with van der Waals surface area (Å²) in [4.78, 5) is 3.84. The molecule has 3 rings (SSSR count). The molecule has 0 fully saturated rings. The van der Waals surface area contributed by atoms with Crippen LogP contribution in [-0.2, 0) is 5.60 Å². The van der Waals surface area contributed by atoms with Gasteiger partial charge in [0.05, 0.1) is 0 Å². The van der Waals surface area contributed by atoms with Crippen molar-refractivity contribution in [2.45, 2.75) is 12.5 Å². The second kappa shape index (κ2) is 6.74. The van der Waals surface area contributed by atoms with Crippen LogP contribution in [-0.4, -0.2) is 19.9 Å². The highest BCUT2D eigenvalue weighted by atomic mass is 35.5. The number of hydrogen-bond donors (Lipinski definition) is 1. The molecule has 1 unspecified atom stereocenters. The lowest BCUT2D eigenvalue weighted by atomic mass is 9.84. The standard InChI is InChI=1S/C18H14ClF2N3O/c1-18(25,14-7-6-12(20)8-17(14)21)15(9-24-11-22-10-23-24)13-4-2-3-5-16(13)19/h2-11,25H,1H3. The van der Waals surface area contributed by atoms with E-state index in [1.165, 1.54) is 36.5 Å². The predicted molar refractivity (Wildman–Crippen MR) is 91.6 cm³/mol. The maximum absolute atomic E-state index is 14.3. The third-order valence-electron chi connectivity index (χ3n) is 3.84. The van der Waals surface area contributed by atoms with Crippen LogP contribution in [0.25, 0.3) is 11.8 Å². The molecule has 0 spiro atoms. The average molecular weight is 362 g/mol. The van der Waals surface area contributed by atoms with Crippen molar-refractivity contribution in [3.05, 3.63) is 82.9 Å². The first-order valence-corrected chi connectivity index (χ1v) is 7.76. The molecule has 0 aliphatic rings. The number of rotatable bonds is 4. The van der Waals surface area contributed by atoms with E-state index in [0.717, 1.165) is 12.1 Å².